The highest BCUT2D eigenvalue weighted by molar-refractivity contribution is 9.11. The summed E-state index contributed by atoms with van der Waals surface area (Å²) in [6.07, 6.45) is 7.13. The molecule has 0 atom stereocenters. The number of nitrogens with zero attached hydrogens (tertiary/aromatic N) is 4. The lowest BCUT2D eigenvalue weighted by atomic mass is 10.2. The zero-order valence-corrected chi connectivity index (χ0v) is 15.1. The van der Waals surface area contributed by atoms with E-state index >= 15 is 0 Å². The van der Waals surface area contributed by atoms with Crippen LogP contribution in [-0.2, 0) is 0 Å². The maximum absolute atomic E-state index is 4.22. The van der Waals surface area contributed by atoms with Gasteiger partial charge in [-0.3, -0.25) is 9.97 Å². The van der Waals surface area contributed by atoms with Crippen LogP contribution >= 0.6 is 38.6 Å². The van der Waals surface area contributed by atoms with Gasteiger partial charge in [0.1, 0.15) is 0 Å². The Morgan fingerprint density at radius 3 is 2.13 bits per heavy atom. The van der Waals surface area contributed by atoms with Crippen molar-refractivity contribution >= 4 is 38.6 Å². The fourth-order valence-electron chi connectivity index (χ4n) is 1.79. The van der Waals surface area contributed by atoms with E-state index in [2.05, 4.69) is 35.9 Å². The maximum atomic E-state index is 4.22. The molecule has 0 unspecified atom stereocenters. The van der Waals surface area contributed by atoms with Crippen molar-refractivity contribution < 1.29 is 0 Å². The third-order valence-corrected chi connectivity index (χ3v) is 4.98. The molecule has 23 heavy (non-hydrogen) atoms. The van der Waals surface area contributed by atoms with Crippen LogP contribution in [0.1, 0.15) is 0 Å². The lowest BCUT2D eigenvalue weighted by Gasteiger charge is -1.94. The first-order valence-electron chi connectivity index (χ1n) is 6.62. The summed E-state index contributed by atoms with van der Waals surface area (Å²) < 4.78 is 1.05. The molecule has 0 N–H and O–H groups in total. The SMILES string of the molecule is Brc1scnc1-c1cccnc1.c1cncc(-c2cscn2)c1. The highest BCUT2D eigenvalue weighted by atomic mass is 79.9. The number of aromatic nitrogens is 4. The van der Waals surface area contributed by atoms with Gasteiger partial charge in [0.05, 0.1) is 26.2 Å². The fourth-order valence-corrected chi connectivity index (χ4v) is 3.47. The smallest absolute Gasteiger partial charge is 0.0977 e. The van der Waals surface area contributed by atoms with Gasteiger partial charge in [0.25, 0.3) is 0 Å². The summed E-state index contributed by atoms with van der Waals surface area (Å²) in [7, 11) is 0. The van der Waals surface area contributed by atoms with Crippen molar-refractivity contribution in [3.63, 3.8) is 0 Å². The Kier molecular flexibility index (Phi) is 5.57. The summed E-state index contributed by atoms with van der Waals surface area (Å²) in [6, 6.07) is 7.81. The first-order chi connectivity index (χ1) is 11.3. The van der Waals surface area contributed by atoms with E-state index in [0.29, 0.717) is 0 Å². The van der Waals surface area contributed by atoms with E-state index in [9.17, 15) is 0 Å². The number of pyridine rings is 2. The van der Waals surface area contributed by atoms with Gasteiger partial charge in [-0.15, -0.1) is 22.7 Å². The molecule has 0 spiro atoms. The standard InChI is InChI=1S/C8H5BrN2S.C8H6N2S/c9-8-7(11-5-12-8)6-2-1-3-10-4-6;1-2-7(4-9-3-1)8-5-11-6-10-8/h1-5H;1-6H. The van der Waals surface area contributed by atoms with E-state index in [1.807, 2.05) is 46.9 Å². The third-order valence-electron chi connectivity index (χ3n) is 2.85. The van der Waals surface area contributed by atoms with Crippen LogP contribution in [0.2, 0.25) is 0 Å². The van der Waals surface area contributed by atoms with E-state index in [1.54, 1.807) is 41.3 Å². The van der Waals surface area contributed by atoms with Crippen molar-refractivity contribution in [3.05, 3.63) is 69.2 Å². The van der Waals surface area contributed by atoms with Gasteiger partial charge < -0.3 is 0 Å². The van der Waals surface area contributed by atoms with Crippen molar-refractivity contribution in [3.8, 4) is 22.5 Å². The fraction of sp³-hybridized carbons (Fsp3) is 0. The van der Waals surface area contributed by atoms with Crippen molar-refractivity contribution in [2.45, 2.75) is 0 Å². The second kappa shape index (κ2) is 8.05. The summed E-state index contributed by atoms with van der Waals surface area (Å²) in [5, 5.41) is 2.01. The molecule has 0 aliphatic heterocycles. The van der Waals surface area contributed by atoms with E-state index in [1.165, 1.54) is 0 Å². The normalized spacial score (nSPS) is 9.96. The first-order valence-corrected chi connectivity index (χ1v) is 9.24. The predicted molar refractivity (Wildman–Crippen MR) is 98.4 cm³/mol. The molecule has 4 heterocycles. The highest BCUT2D eigenvalue weighted by Gasteiger charge is 2.04. The Bertz CT molecular complexity index is 833. The van der Waals surface area contributed by atoms with Crippen LogP contribution in [0.25, 0.3) is 22.5 Å². The van der Waals surface area contributed by atoms with Gasteiger partial charge in [-0.25, -0.2) is 9.97 Å². The monoisotopic (exact) mass is 402 g/mol. The van der Waals surface area contributed by atoms with Crippen LogP contribution < -0.4 is 0 Å². The summed E-state index contributed by atoms with van der Waals surface area (Å²) in [4.78, 5) is 16.4. The molecular weight excluding hydrogens is 392 g/mol. The number of rotatable bonds is 2. The van der Waals surface area contributed by atoms with Crippen LogP contribution in [-0.4, -0.2) is 19.9 Å². The summed E-state index contributed by atoms with van der Waals surface area (Å²) in [5.74, 6) is 0. The molecule has 4 nitrogen and oxygen atoms in total. The van der Waals surface area contributed by atoms with Gasteiger partial charge in [0.15, 0.2) is 0 Å². The minimum absolute atomic E-state index is 0.966. The Hall–Kier alpha value is -1.96. The van der Waals surface area contributed by atoms with Crippen molar-refractivity contribution in [1.29, 1.82) is 0 Å². The van der Waals surface area contributed by atoms with Crippen LogP contribution in [0.15, 0.2) is 69.2 Å². The molecule has 7 heteroatoms. The molecule has 0 saturated carbocycles. The van der Waals surface area contributed by atoms with Crippen molar-refractivity contribution in [2.75, 3.05) is 0 Å². The molecule has 0 aliphatic rings. The van der Waals surface area contributed by atoms with Gasteiger partial charge in [-0.1, -0.05) is 0 Å². The molecule has 0 fully saturated rings. The maximum Gasteiger partial charge on any atom is 0.0977 e. The zero-order valence-electron chi connectivity index (χ0n) is 11.8. The van der Waals surface area contributed by atoms with Gasteiger partial charge in [0, 0.05) is 41.3 Å². The molecule has 4 aromatic rings. The third kappa shape index (κ3) is 4.28. The number of thiazole rings is 2. The average Bonchev–Trinajstić information content (AvgIpc) is 3.29. The first kappa shape index (κ1) is 15.9. The van der Waals surface area contributed by atoms with Gasteiger partial charge in [-0.2, -0.15) is 0 Å². The van der Waals surface area contributed by atoms with Crippen molar-refractivity contribution in [2.24, 2.45) is 0 Å². The van der Waals surface area contributed by atoms with Crippen LogP contribution in [0.3, 0.4) is 0 Å². The minimum Gasteiger partial charge on any atom is -0.264 e. The molecule has 0 bridgehead atoms. The molecule has 0 aliphatic carbocycles. The Labute approximate surface area is 150 Å². The Morgan fingerprint density at radius 1 is 0.870 bits per heavy atom. The quantitative estimate of drug-likeness (QED) is 0.463. The Balaban J connectivity index is 0.000000136. The van der Waals surface area contributed by atoms with E-state index in [4.69, 9.17) is 0 Å². The highest BCUT2D eigenvalue weighted by Crippen LogP contribution is 2.29. The number of hydrogen-bond acceptors (Lipinski definition) is 6. The zero-order chi connectivity index (χ0) is 15.9. The molecule has 0 saturated heterocycles. The van der Waals surface area contributed by atoms with Gasteiger partial charge >= 0.3 is 0 Å². The molecular formula is C16H11BrN4S2. The number of hydrogen-bond donors (Lipinski definition) is 0. The van der Waals surface area contributed by atoms with Crippen LogP contribution in [0.4, 0.5) is 0 Å². The number of halogens is 1. The predicted octanol–water partition coefficient (Wildman–Crippen LogP) is 5.17. The molecule has 114 valence electrons. The molecule has 0 amide bonds. The van der Waals surface area contributed by atoms with E-state index in [-0.39, 0.29) is 0 Å². The van der Waals surface area contributed by atoms with Crippen LogP contribution in [0, 0.1) is 0 Å². The topological polar surface area (TPSA) is 51.6 Å². The Morgan fingerprint density at radius 2 is 1.61 bits per heavy atom. The van der Waals surface area contributed by atoms with Crippen molar-refractivity contribution in [1.82, 2.24) is 19.9 Å². The molecule has 4 rings (SSSR count). The average molecular weight is 403 g/mol. The second-order valence-electron chi connectivity index (χ2n) is 4.33. The lowest BCUT2D eigenvalue weighted by Crippen LogP contribution is -1.78. The van der Waals surface area contributed by atoms with Gasteiger partial charge in [-0.05, 0) is 40.2 Å². The summed E-state index contributed by atoms with van der Waals surface area (Å²) in [6.45, 7) is 0. The minimum atomic E-state index is 0.966. The van der Waals surface area contributed by atoms with Crippen LogP contribution in [0.5, 0.6) is 0 Å². The summed E-state index contributed by atoms with van der Waals surface area (Å²) >= 11 is 6.60. The van der Waals surface area contributed by atoms with Gasteiger partial charge in [0.2, 0.25) is 0 Å². The molecule has 0 aromatic carbocycles. The van der Waals surface area contributed by atoms with E-state index < -0.39 is 0 Å². The molecule has 4 aromatic heterocycles. The lowest BCUT2D eigenvalue weighted by molar-refractivity contribution is 1.30. The molecule has 0 radical (unpaired) electrons. The summed E-state index contributed by atoms with van der Waals surface area (Å²) in [5.41, 5.74) is 7.73. The second-order valence-corrected chi connectivity index (χ2v) is 7.22. The van der Waals surface area contributed by atoms with E-state index in [0.717, 1.165) is 26.3 Å². The largest absolute Gasteiger partial charge is 0.264 e.